The third-order valence-electron chi connectivity index (χ3n) is 2.73. The first-order valence-electron chi connectivity index (χ1n) is 5.72. The van der Waals surface area contributed by atoms with Gasteiger partial charge in [-0.3, -0.25) is 0 Å². The number of nitrogens with two attached hydrogens (primary N) is 1. The predicted molar refractivity (Wildman–Crippen MR) is 66.0 cm³/mol. The molecule has 2 nitrogen and oxygen atoms in total. The van der Waals surface area contributed by atoms with Crippen molar-refractivity contribution in [2.45, 2.75) is 32.7 Å². The normalized spacial score (nSPS) is 12.7. The highest BCUT2D eigenvalue weighted by atomic mass is 14.9. The van der Waals surface area contributed by atoms with E-state index in [0.717, 1.165) is 13.0 Å². The van der Waals surface area contributed by atoms with Crippen LogP contribution in [-0.2, 0) is 6.42 Å². The molecule has 3 N–H and O–H groups in total. The minimum absolute atomic E-state index is 0.432. The van der Waals surface area contributed by atoms with E-state index in [1.165, 1.54) is 17.5 Å². The van der Waals surface area contributed by atoms with Crippen molar-refractivity contribution in [3.05, 3.63) is 35.4 Å². The van der Waals surface area contributed by atoms with Gasteiger partial charge in [0, 0.05) is 12.6 Å². The topological polar surface area (TPSA) is 38.0 Å². The second kappa shape index (κ2) is 6.59. The van der Waals surface area contributed by atoms with Crippen LogP contribution in [0.15, 0.2) is 24.3 Å². The molecule has 0 bridgehead atoms. The monoisotopic (exact) mass is 206 g/mol. The molecule has 0 aliphatic heterocycles. The highest BCUT2D eigenvalue weighted by Gasteiger charge is 1.99. The summed E-state index contributed by atoms with van der Waals surface area (Å²) < 4.78 is 0. The van der Waals surface area contributed by atoms with Crippen molar-refractivity contribution in [3.8, 4) is 0 Å². The average Bonchev–Trinajstić information content (AvgIpc) is 2.26. The van der Waals surface area contributed by atoms with Crippen molar-refractivity contribution in [2.24, 2.45) is 5.73 Å². The van der Waals surface area contributed by atoms with E-state index in [2.05, 4.69) is 43.4 Å². The van der Waals surface area contributed by atoms with Crippen LogP contribution in [0.2, 0.25) is 0 Å². The minimum Gasteiger partial charge on any atom is -0.329 e. The van der Waals surface area contributed by atoms with Crippen LogP contribution in [0.4, 0.5) is 0 Å². The maximum absolute atomic E-state index is 5.53. The Labute approximate surface area is 92.9 Å². The van der Waals surface area contributed by atoms with E-state index in [9.17, 15) is 0 Å². The van der Waals surface area contributed by atoms with Crippen LogP contribution in [0.1, 0.15) is 24.5 Å². The molecule has 0 unspecified atom stereocenters. The van der Waals surface area contributed by atoms with Crippen molar-refractivity contribution in [3.63, 3.8) is 0 Å². The number of hydrogen-bond donors (Lipinski definition) is 2. The van der Waals surface area contributed by atoms with Crippen molar-refractivity contribution >= 4 is 0 Å². The van der Waals surface area contributed by atoms with Crippen LogP contribution in [-0.4, -0.2) is 19.1 Å². The molecular weight excluding hydrogens is 184 g/mol. The van der Waals surface area contributed by atoms with Gasteiger partial charge in [-0.05, 0) is 44.4 Å². The molecule has 0 saturated carbocycles. The zero-order valence-electron chi connectivity index (χ0n) is 9.79. The van der Waals surface area contributed by atoms with Gasteiger partial charge in [-0.25, -0.2) is 0 Å². The van der Waals surface area contributed by atoms with Crippen LogP contribution >= 0.6 is 0 Å². The Balaban J connectivity index is 2.23. The van der Waals surface area contributed by atoms with Gasteiger partial charge in [-0.1, -0.05) is 24.3 Å². The summed E-state index contributed by atoms with van der Waals surface area (Å²) in [5, 5.41) is 3.40. The van der Waals surface area contributed by atoms with Crippen molar-refractivity contribution < 1.29 is 0 Å². The molecule has 0 aliphatic carbocycles. The van der Waals surface area contributed by atoms with E-state index < -0.39 is 0 Å². The molecule has 0 aromatic heterocycles. The van der Waals surface area contributed by atoms with Gasteiger partial charge < -0.3 is 11.1 Å². The van der Waals surface area contributed by atoms with Crippen LogP contribution in [0.5, 0.6) is 0 Å². The van der Waals surface area contributed by atoms with E-state index in [-0.39, 0.29) is 0 Å². The lowest BCUT2D eigenvalue weighted by Gasteiger charge is -2.11. The summed E-state index contributed by atoms with van der Waals surface area (Å²) in [4.78, 5) is 0. The molecule has 84 valence electrons. The van der Waals surface area contributed by atoms with E-state index in [1.54, 1.807) is 0 Å². The summed E-state index contributed by atoms with van der Waals surface area (Å²) in [5.41, 5.74) is 8.38. The molecule has 0 heterocycles. The molecule has 0 aliphatic rings. The van der Waals surface area contributed by atoms with Crippen LogP contribution in [0, 0.1) is 6.92 Å². The fourth-order valence-electron chi connectivity index (χ4n) is 1.60. The molecule has 1 aromatic carbocycles. The van der Waals surface area contributed by atoms with Crippen molar-refractivity contribution in [1.29, 1.82) is 0 Å². The first-order valence-corrected chi connectivity index (χ1v) is 5.72. The van der Waals surface area contributed by atoms with E-state index in [1.807, 2.05) is 0 Å². The lowest BCUT2D eigenvalue weighted by atomic mass is 10.0. The quantitative estimate of drug-likeness (QED) is 0.697. The molecule has 2 heteroatoms. The van der Waals surface area contributed by atoms with E-state index >= 15 is 0 Å². The fraction of sp³-hybridized carbons (Fsp3) is 0.538. The summed E-state index contributed by atoms with van der Waals surface area (Å²) in [6.07, 6.45) is 2.33. The highest BCUT2D eigenvalue weighted by Crippen LogP contribution is 2.08. The molecule has 1 atom stereocenters. The second-order valence-corrected chi connectivity index (χ2v) is 4.12. The van der Waals surface area contributed by atoms with Crippen LogP contribution < -0.4 is 11.1 Å². The van der Waals surface area contributed by atoms with Crippen molar-refractivity contribution in [1.82, 2.24) is 5.32 Å². The van der Waals surface area contributed by atoms with Gasteiger partial charge in [0.1, 0.15) is 0 Å². The summed E-state index contributed by atoms with van der Waals surface area (Å²) in [6, 6.07) is 9.01. The highest BCUT2D eigenvalue weighted by molar-refractivity contribution is 5.25. The van der Waals surface area contributed by atoms with Crippen LogP contribution in [0.3, 0.4) is 0 Å². The lowest BCUT2D eigenvalue weighted by molar-refractivity contribution is 0.543. The largest absolute Gasteiger partial charge is 0.329 e. The fourth-order valence-corrected chi connectivity index (χ4v) is 1.60. The smallest absolute Gasteiger partial charge is 0.0161 e. The number of benzene rings is 1. The summed E-state index contributed by atoms with van der Waals surface area (Å²) in [7, 11) is 0. The summed E-state index contributed by atoms with van der Waals surface area (Å²) in [6.45, 7) is 6.05. The van der Waals surface area contributed by atoms with Gasteiger partial charge in [0.15, 0.2) is 0 Å². The summed E-state index contributed by atoms with van der Waals surface area (Å²) in [5.74, 6) is 0. The SMILES string of the molecule is Cc1ccccc1CCCN[C@H](C)CN. The van der Waals surface area contributed by atoms with E-state index in [0.29, 0.717) is 12.6 Å². The third-order valence-corrected chi connectivity index (χ3v) is 2.73. The molecule has 0 spiro atoms. The van der Waals surface area contributed by atoms with Gasteiger partial charge in [-0.15, -0.1) is 0 Å². The summed E-state index contributed by atoms with van der Waals surface area (Å²) >= 11 is 0. The molecule has 0 fully saturated rings. The van der Waals surface area contributed by atoms with Crippen molar-refractivity contribution in [2.75, 3.05) is 13.1 Å². The first-order chi connectivity index (χ1) is 7.24. The molecule has 15 heavy (non-hydrogen) atoms. The minimum atomic E-state index is 0.432. The Morgan fingerprint density at radius 3 is 2.73 bits per heavy atom. The molecule has 0 amide bonds. The zero-order valence-corrected chi connectivity index (χ0v) is 9.79. The maximum Gasteiger partial charge on any atom is 0.0161 e. The Morgan fingerprint density at radius 2 is 2.07 bits per heavy atom. The zero-order chi connectivity index (χ0) is 11.1. The van der Waals surface area contributed by atoms with Crippen LogP contribution in [0.25, 0.3) is 0 Å². The molecular formula is C13H22N2. The Kier molecular flexibility index (Phi) is 5.37. The van der Waals surface area contributed by atoms with Gasteiger partial charge in [0.2, 0.25) is 0 Å². The molecule has 1 aromatic rings. The number of aryl methyl sites for hydroxylation is 2. The number of hydrogen-bond acceptors (Lipinski definition) is 2. The Hall–Kier alpha value is -0.860. The Morgan fingerprint density at radius 1 is 1.33 bits per heavy atom. The van der Waals surface area contributed by atoms with Gasteiger partial charge >= 0.3 is 0 Å². The number of nitrogens with one attached hydrogen (secondary N) is 1. The molecule has 1 rings (SSSR count). The predicted octanol–water partition coefficient (Wildman–Crippen LogP) is 1.86. The lowest BCUT2D eigenvalue weighted by Crippen LogP contribution is -2.33. The van der Waals surface area contributed by atoms with Gasteiger partial charge in [0.25, 0.3) is 0 Å². The van der Waals surface area contributed by atoms with Gasteiger partial charge in [-0.2, -0.15) is 0 Å². The second-order valence-electron chi connectivity index (χ2n) is 4.12. The van der Waals surface area contributed by atoms with E-state index in [4.69, 9.17) is 5.73 Å². The molecule has 0 saturated heterocycles. The Bertz CT molecular complexity index is 284. The molecule has 0 radical (unpaired) electrons. The van der Waals surface area contributed by atoms with Gasteiger partial charge in [0.05, 0.1) is 0 Å². The maximum atomic E-state index is 5.53. The average molecular weight is 206 g/mol. The first kappa shape index (κ1) is 12.2. The standard InChI is InChI=1S/C13H22N2/c1-11-6-3-4-7-13(11)8-5-9-15-12(2)10-14/h3-4,6-7,12,15H,5,8-10,14H2,1-2H3/t12-/m1/s1. The third kappa shape index (κ3) is 4.45. The number of rotatable bonds is 6.